The lowest BCUT2D eigenvalue weighted by molar-refractivity contribution is -0.132. The van der Waals surface area contributed by atoms with E-state index in [-0.39, 0.29) is 18.6 Å². The van der Waals surface area contributed by atoms with Crippen LogP contribution in [-0.2, 0) is 16.0 Å². The van der Waals surface area contributed by atoms with Gasteiger partial charge in [0.15, 0.2) is 0 Å². The van der Waals surface area contributed by atoms with Crippen LogP contribution < -0.4 is 15.4 Å². The van der Waals surface area contributed by atoms with E-state index in [4.69, 9.17) is 9.47 Å². The summed E-state index contributed by atoms with van der Waals surface area (Å²) in [4.78, 5) is 10.9. The molecule has 0 bridgehead atoms. The molecule has 0 aromatic heterocycles. The third kappa shape index (κ3) is 4.54. The van der Waals surface area contributed by atoms with Crippen molar-refractivity contribution >= 4 is 5.91 Å². The molecular formula is C14H20N2O3. The summed E-state index contributed by atoms with van der Waals surface area (Å²) >= 11 is 0. The maximum absolute atomic E-state index is 10.9. The van der Waals surface area contributed by atoms with Gasteiger partial charge in [-0.3, -0.25) is 4.79 Å². The molecule has 0 radical (unpaired) electrons. The summed E-state index contributed by atoms with van der Waals surface area (Å²) in [7, 11) is 1.67. The predicted octanol–water partition coefficient (Wildman–Crippen LogP) is 0.342. The fraction of sp³-hybridized carbons (Fsp3) is 0.500. The second kappa shape index (κ2) is 7.11. The largest absolute Gasteiger partial charge is 0.497 e. The Labute approximate surface area is 113 Å². The van der Waals surface area contributed by atoms with Crippen molar-refractivity contribution in [2.45, 2.75) is 12.5 Å². The highest BCUT2D eigenvalue weighted by Gasteiger charge is 2.17. The molecule has 5 heteroatoms. The molecule has 1 aromatic carbocycles. The minimum Gasteiger partial charge on any atom is -0.497 e. The number of hydrogen-bond donors (Lipinski definition) is 2. The van der Waals surface area contributed by atoms with Crippen LogP contribution in [0.3, 0.4) is 0 Å². The number of benzene rings is 1. The predicted molar refractivity (Wildman–Crippen MR) is 72.3 cm³/mol. The van der Waals surface area contributed by atoms with Crippen molar-refractivity contribution in [1.29, 1.82) is 0 Å². The van der Waals surface area contributed by atoms with Gasteiger partial charge in [0.05, 0.1) is 13.2 Å². The van der Waals surface area contributed by atoms with Crippen LogP contribution in [0.1, 0.15) is 5.56 Å². The number of carbonyl (C=O) groups is 1. The minimum absolute atomic E-state index is 0.0346. The van der Waals surface area contributed by atoms with Crippen molar-refractivity contribution in [3.05, 3.63) is 29.8 Å². The van der Waals surface area contributed by atoms with E-state index in [9.17, 15) is 4.79 Å². The van der Waals surface area contributed by atoms with Crippen molar-refractivity contribution in [2.75, 3.05) is 33.4 Å². The van der Waals surface area contributed by atoms with Crippen LogP contribution in [0.4, 0.5) is 0 Å². The molecule has 1 saturated heterocycles. The molecule has 1 aliphatic heterocycles. The van der Waals surface area contributed by atoms with Gasteiger partial charge in [-0.1, -0.05) is 12.1 Å². The third-order valence-electron chi connectivity index (χ3n) is 3.07. The zero-order chi connectivity index (χ0) is 13.5. The smallest absolute Gasteiger partial charge is 0.246 e. The highest BCUT2D eigenvalue weighted by atomic mass is 16.5. The summed E-state index contributed by atoms with van der Waals surface area (Å²) in [5.41, 5.74) is 1.24. The molecule has 0 unspecified atom stereocenters. The molecule has 1 fully saturated rings. The quantitative estimate of drug-likeness (QED) is 0.728. The lowest BCUT2D eigenvalue weighted by Crippen LogP contribution is -2.47. The Morgan fingerprint density at radius 2 is 2.42 bits per heavy atom. The van der Waals surface area contributed by atoms with Gasteiger partial charge in [0, 0.05) is 13.1 Å². The molecule has 1 heterocycles. The van der Waals surface area contributed by atoms with E-state index >= 15 is 0 Å². The Hall–Kier alpha value is -1.59. The van der Waals surface area contributed by atoms with Crippen LogP contribution in [0.15, 0.2) is 24.3 Å². The van der Waals surface area contributed by atoms with Gasteiger partial charge in [-0.05, 0) is 30.7 Å². The van der Waals surface area contributed by atoms with E-state index in [2.05, 4.69) is 16.7 Å². The maximum atomic E-state index is 10.9. The number of hydrogen-bond acceptors (Lipinski definition) is 4. The Bertz CT molecular complexity index is 413. The van der Waals surface area contributed by atoms with E-state index < -0.39 is 0 Å². The van der Waals surface area contributed by atoms with Crippen molar-refractivity contribution in [2.24, 2.45) is 0 Å². The van der Waals surface area contributed by atoms with Gasteiger partial charge >= 0.3 is 0 Å². The van der Waals surface area contributed by atoms with Crippen LogP contribution in [0, 0.1) is 0 Å². The monoisotopic (exact) mass is 264 g/mol. The van der Waals surface area contributed by atoms with Gasteiger partial charge < -0.3 is 20.1 Å². The summed E-state index contributed by atoms with van der Waals surface area (Å²) in [5.74, 6) is 0.850. The van der Waals surface area contributed by atoms with Crippen molar-refractivity contribution < 1.29 is 14.3 Å². The Morgan fingerprint density at radius 1 is 1.53 bits per heavy atom. The molecule has 0 saturated carbocycles. The van der Waals surface area contributed by atoms with Crippen molar-refractivity contribution in [3.8, 4) is 5.75 Å². The number of morpholine rings is 1. The molecule has 1 amide bonds. The summed E-state index contributed by atoms with van der Waals surface area (Å²) in [6.07, 6.45) is 1.01. The van der Waals surface area contributed by atoms with E-state index in [0.29, 0.717) is 6.54 Å². The van der Waals surface area contributed by atoms with Crippen LogP contribution in [0.2, 0.25) is 0 Å². The van der Waals surface area contributed by atoms with E-state index in [1.807, 2.05) is 18.2 Å². The number of rotatable bonds is 6. The molecule has 1 atom stereocenters. The van der Waals surface area contributed by atoms with E-state index in [1.54, 1.807) is 7.11 Å². The average molecular weight is 264 g/mol. The van der Waals surface area contributed by atoms with Gasteiger partial charge in [0.1, 0.15) is 12.4 Å². The van der Waals surface area contributed by atoms with Gasteiger partial charge in [0.2, 0.25) is 5.91 Å². The summed E-state index contributed by atoms with van der Waals surface area (Å²) in [6, 6.07) is 8.06. The Balaban J connectivity index is 1.64. The average Bonchev–Trinajstić information content (AvgIpc) is 2.46. The summed E-state index contributed by atoms with van der Waals surface area (Å²) < 4.78 is 10.6. The second-order valence-corrected chi connectivity index (χ2v) is 4.54. The number of amides is 1. The molecule has 2 rings (SSSR count). The normalized spacial score (nSPS) is 19.0. The fourth-order valence-corrected chi connectivity index (χ4v) is 1.99. The summed E-state index contributed by atoms with van der Waals surface area (Å²) in [5, 5.41) is 6.12. The first-order chi connectivity index (χ1) is 9.28. The third-order valence-corrected chi connectivity index (χ3v) is 3.07. The molecule has 0 spiro atoms. The van der Waals surface area contributed by atoms with Gasteiger partial charge in [0.25, 0.3) is 0 Å². The zero-order valence-electron chi connectivity index (χ0n) is 11.1. The standard InChI is InChI=1S/C14H20N2O3/c1-18-12-4-2-3-11(7-12)5-6-15-8-13-9-16-14(17)10-19-13/h2-4,7,13,15H,5-6,8-10H2,1H3,(H,16,17)/t13-/m1/s1. The number of ether oxygens (including phenoxy) is 2. The zero-order valence-corrected chi connectivity index (χ0v) is 11.1. The van der Waals surface area contributed by atoms with Crippen molar-refractivity contribution in [1.82, 2.24) is 10.6 Å². The van der Waals surface area contributed by atoms with Gasteiger partial charge in [-0.25, -0.2) is 0 Å². The van der Waals surface area contributed by atoms with Crippen molar-refractivity contribution in [3.63, 3.8) is 0 Å². The SMILES string of the molecule is COc1cccc(CCNC[C@@H]2CNC(=O)CO2)c1. The highest BCUT2D eigenvalue weighted by Crippen LogP contribution is 2.12. The lowest BCUT2D eigenvalue weighted by atomic mass is 10.1. The molecule has 1 aliphatic rings. The van der Waals surface area contributed by atoms with Crippen LogP contribution in [-0.4, -0.2) is 45.4 Å². The first-order valence-corrected chi connectivity index (χ1v) is 6.50. The topological polar surface area (TPSA) is 59.6 Å². The first-order valence-electron chi connectivity index (χ1n) is 6.50. The number of nitrogens with one attached hydrogen (secondary N) is 2. The van der Waals surface area contributed by atoms with Crippen LogP contribution in [0.5, 0.6) is 5.75 Å². The Kier molecular flexibility index (Phi) is 5.18. The second-order valence-electron chi connectivity index (χ2n) is 4.54. The molecule has 104 valence electrons. The maximum Gasteiger partial charge on any atom is 0.246 e. The molecule has 2 N–H and O–H groups in total. The minimum atomic E-state index is -0.0346. The molecule has 1 aromatic rings. The molecule has 0 aliphatic carbocycles. The number of methoxy groups -OCH3 is 1. The van der Waals surface area contributed by atoms with Crippen LogP contribution >= 0.6 is 0 Å². The Morgan fingerprint density at radius 3 is 3.16 bits per heavy atom. The summed E-state index contributed by atoms with van der Waals surface area (Å²) in [6.45, 7) is 2.39. The van der Waals surface area contributed by atoms with E-state index in [1.165, 1.54) is 5.56 Å². The number of carbonyl (C=O) groups excluding carboxylic acids is 1. The van der Waals surface area contributed by atoms with Crippen LogP contribution in [0.25, 0.3) is 0 Å². The first kappa shape index (κ1) is 13.8. The molecular weight excluding hydrogens is 244 g/mol. The van der Waals surface area contributed by atoms with E-state index in [0.717, 1.165) is 25.3 Å². The fourth-order valence-electron chi connectivity index (χ4n) is 1.99. The highest BCUT2D eigenvalue weighted by molar-refractivity contribution is 5.77. The lowest BCUT2D eigenvalue weighted by Gasteiger charge is -2.23. The van der Waals surface area contributed by atoms with Gasteiger partial charge in [-0.2, -0.15) is 0 Å². The molecule has 5 nitrogen and oxygen atoms in total. The molecule has 19 heavy (non-hydrogen) atoms. The van der Waals surface area contributed by atoms with Gasteiger partial charge in [-0.15, -0.1) is 0 Å².